The molecule has 3 aromatic carbocycles. The monoisotopic (exact) mass is 496 g/mol. The van der Waals surface area contributed by atoms with E-state index in [-0.39, 0.29) is 41.0 Å². The van der Waals surface area contributed by atoms with E-state index in [9.17, 15) is 33.0 Å². The highest BCUT2D eigenvalue weighted by atomic mass is 19.4. The first-order valence-corrected chi connectivity index (χ1v) is 10.4. The Morgan fingerprint density at radius 3 is 2.36 bits per heavy atom. The first-order chi connectivity index (χ1) is 17.1. The second-order valence-corrected chi connectivity index (χ2v) is 7.56. The van der Waals surface area contributed by atoms with Gasteiger partial charge >= 0.3 is 6.18 Å². The average Bonchev–Trinajstić information content (AvgIpc) is 2.84. The SMILES string of the molecule is N#Cc1cc(C(=O)N/N=C/c2ccc(NC(=O)CCc3ccc(C(F)(F)F)cc3)cc2O)ccc1O. The van der Waals surface area contributed by atoms with E-state index in [0.29, 0.717) is 11.3 Å². The third kappa shape index (κ3) is 6.83. The van der Waals surface area contributed by atoms with Crippen molar-refractivity contribution in [3.63, 3.8) is 0 Å². The van der Waals surface area contributed by atoms with E-state index in [2.05, 4.69) is 15.8 Å². The van der Waals surface area contributed by atoms with Crippen molar-refractivity contribution in [2.75, 3.05) is 5.32 Å². The molecule has 0 fully saturated rings. The Morgan fingerprint density at radius 2 is 1.72 bits per heavy atom. The zero-order chi connectivity index (χ0) is 26.3. The van der Waals surface area contributed by atoms with E-state index in [1.807, 2.05) is 0 Å². The number of hydrogen-bond acceptors (Lipinski definition) is 6. The van der Waals surface area contributed by atoms with Crippen molar-refractivity contribution in [2.45, 2.75) is 19.0 Å². The number of phenolic OH excluding ortho intramolecular Hbond substituents is 2. The summed E-state index contributed by atoms with van der Waals surface area (Å²) < 4.78 is 37.9. The summed E-state index contributed by atoms with van der Waals surface area (Å²) >= 11 is 0. The van der Waals surface area contributed by atoms with Crippen LogP contribution in [0.1, 0.15) is 39.0 Å². The van der Waals surface area contributed by atoms with Crippen LogP contribution >= 0.6 is 0 Å². The Hall–Kier alpha value is -4.85. The van der Waals surface area contributed by atoms with Crippen LogP contribution in [0.4, 0.5) is 18.9 Å². The van der Waals surface area contributed by atoms with Gasteiger partial charge < -0.3 is 15.5 Å². The second kappa shape index (κ2) is 11.1. The van der Waals surface area contributed by atoms with Crippen LogP contribution in [0.15, 0.2) is 65.8 Å². The molecule has 0 saturated heterocycles. The molecular weight excluding hydrogens is 477 g/mol. The van der Waals surface area contributed by atoms with E-state index < -0.39 is 23.6 Å². The summed E-state index contributed by atoms with van der Waals surface area (Å²) in [7, 11) is 0. The molecule has 36 heavy (non-hydrogen) atoms. The quantitative estimate of drug-likeness (QED) is 0.285. The fourth-order valence-electron chi connectivity index (χ4n) is 3.06. The van der Waals surface area contributed by atoms with Gasteiger partial charge in [0.2, 0.25) is 5.91 Å². The maximum Gasteiger partial charge on any atom is 0.416 e. The van der Waals surface area contributed by atoms with Crippen LogP contribution in [-0.4, -0.2) is 28.2 Å². The molecule has 0 saturated carbocycles. The van der Waals surface area contributed by atoms with Crippen LogP contribution in [-0.2, 0) is 17.4 Å². The minimum Gasteiger partial charge on any atom is -0.507 e. The van der Waals surface area contributed by atoms with Gasteiger partial charge in [0.1, 0.15) is 17.6 Å². The van der Waals surface area contributed by atoms with Gasteiger partial charge in [0.25, 0.3) is 5.91 Å². The van der Waals surface area contributed by atoms with Crippen molar-refractivity contribution >= 4 is 23.7 Å². The predicted octanol–water partition coefficient (Wildman–Crippen LogP) is 4.32. The van der Waals surface area contributed by atoms with Crippen LogP contribution in [0.3, 0.4) is 0 Å². The number of hydrogen-bond donors (Lipinski definition) is 4. The zero-order valence-electron chi connectivity index (χ0n) is 18.5. The highest BCUT2D eigenvalue weighted by Crippen LogP contribution is 2.29. The molecular formula is C25H19F3N4O4. The number of phenols is 2. The number of carbonyl (C=O) groups excluding carboxylic acids is 2. The molecule has 0 aliphatic rings. The van der Waals surface area contributed by atoms with Crippen LogP contribution in [0.25, 0.3) is 0 Å². The van der Waals surface area contributed by atoms with Gasteiger partial charge in [-0.3, -0.25) is 9.59 Å². The first-order valence-electron chi connectivity index (χ1n) is 10.4. The maximum atomic E-state index is 12.6. The molecule has 0 unspecified atom stereocenters. The largest absolute Gasteiger partial charge is 0.507 e. The molecule has 11 heteroatoms. The fraction of sp³-hybridized carbons (Fsp3) is 0.120. The molecule has 0 aromatic heterocycles. The van der Waals surface area contributed by atoms with E-state index in [4.69, 9.17) is 5.26 Å². The van der Waals surface area contributed by atoms with Gasteiger partial charge in [0.15, 0.2) is 0 Å². The topological polar surface area (TPSA) is 135 Å². The van der Waals surface area contributed by atoms with Crippen molar-refractivity contribution in [3.8, 4) is 17.6 Å². The van der Waals surface area contributed by atoms with Gasteiger partial charge in [-0.15, -0.1) is 0 Å². The fourth-order valence-corrected chi connectivity index (χ4v) is 3.06. The third-order valence-corrected chi connectivity index (χ3v) is 4.99. The van der Waals surface area contributed by atoms with Crippen molar-refractivity contribution in [1.29, 1.82) is 5.26 Å². The lowest BCUT2D eigenvalue weighted by molar-refractivity contribution is -0.137. The molecule has 2 amide bonds. The maximum absolute atomic E-state index is 12.6. The molecule has 3 aromatic rings. The number of rotatable bonds is 7. The minimum atomic E-state index is -4.42. The lowest BCUT2D eigenvalue weighted by Crippen LogP contribution is -2.17. The van der Waals surface area contributed by atoms with Crippen molar-refractivity contribution in [3.05, 3.63) is 88.5 Å². The number of nitriles is 1. The molecule has 0 aliphatic carbocycles. The molecule has 0 bridgehead atoms. The van der Waals surface area contributed by atoms with Crippen LogP contribution < -0.4 is 10.7 Å². The summed E-state index contributed by atoms with van der Waals surface area (Å²) in [6, 6.07) is 14.3. The van der Waals surface area contributed by atoms with E-state index in [0.717, 1.165) is 12.1 Å². The Morgan fingerprint density at radius 1 is 1.00 bits per heavy atom. The molecule has 184 valence electrons. The lowest BCUT2D eigenvalue weighted by Gasteiger charge is -2.09. The smallest absolute Gasteiger partial charge is 0.416 e. The number of alkyl halides is 3. The van der Waals surface area contributed by atoms with Crippen LogP contribution in [0, 0.1) is 11.3 Å². The number of anilines is 1. The molecule has 0 aliphatic heterocycles. The predicted molar refractivity (Wildman–Crippen MR) is 124 cm³/mol. The summed E-state index contributed by atoms with van der Waals surface area (Å²) in [5, 5.41) is 34.9. The molecule has 0 spiro atoms. The highest BCUT2D eigenvalue weighted by molar-refractivity contribution is 5.96. The molecule has 8 nitrogen and oxygen atoms in total. The zero-order valence-corrected chi connectivity index (χ0v) is 18.5. The van der Waals surface area contributed by atoms with Crippen molar-refractivity contribution in [1.82, 2.24) is 5.43 Å². The first kappa shape index (κ1) is 25.8. The molecule has 3 rings (SSSR count). The van der Waals surface area contributed by atoms with E-state index >= 15 is 0 Å². The second-order valence-electron chi connectivity index (χ2n) is 7.56. The molecule has 4 N–H and O–H groups in total. The Kier molecular flexibility index (Phi) is 7.91. The molecule has 0 atom stereocenters. The van der Waals surface area contributed by atoms with Gasteiger partial charge in [0, 0.05) is 29.3 Å². The van der Waals surface area contributed by atoms with Gasteiger partial charge in [-0.1, -0.05) is 12.1 Å². The Labute approximate surface area is 203 Å². The number of hydrazone groups is 1. The number of aryl methyl sites for hydroxylation is 1. The van der Waals surface area contributed by atoms with E-state index in [1.54, 1.807) is 6.07 Å². The van der Waals surface area contributed by atoms with Gasteiger partial charge in [-0.2, -0.15) is 23.5 Å². The highest BCUT2D eigenvalue weighted by Gasteiger charge is 2.29. The summed E-state index contributed by atoms with van der Waals surface area (Å²) in [6.07, 6.45) is -2.99. The third-order valence-electron chi connectivity index (χ3n) is 4.99. The number of benzene rings is 3. The number of aromatic hydroxyl groups is 2. The van der Waals surface area contributed by atoms with Crippen molar-refractivity contribution < 1.29 is 33.0 Å². The Balaban J connectivity index is 1.53. The van der Waals surface area contributed by atoms with Crippen molar-refractivity contribution in [2.24, 2.45) is 5.10 Å². The number of nitrogens with one attached hydrogen (secondary N) is 2. The summed E-state index contributed by atoms with van der Waals surface area (Å²) in [6.45, 7) is 0. The Bertz CT molecular complexity index is 1350. The minimum absolute atomic E-state index is 0.0200. The van der Waals surface area contributed by atoms with Crippen LogP contribution in [0.2, 0.25) is 0 Å². The number of halogens is 3. The van der Waals surface area contributed by atoms with Gasteiger partial charge in [-0.05, 0) is 54.4 Å². The molecule has 0 heterocycles. The normalized spacial score (nSPS) is 11.2. The standard InChI is InChI=1S/C25H19F3N4O4/c26-25(27,28)19-6-1-15(2-7-19)3-10-23(35)31-20-8-4-17(22(34)12-20)14-30-32-24(36)16-5-9-21(33)18(11-16)13-29/h1-2,4-9,11-12,14,33-34H,3,10H2,(H,31,35)(H,32,36)/b30-14+. The van der Waals surface area contributed by atoms with Gasteiger partial charge in [0.05, 0.1) is 17.3 Å². The summed E-state index contributed by atoms with van der Waals surface area (Å²) in [4.78, 5) is 24.3. The number of carbonyl (C=O) groups is 2. The number of amides is 2. The van der Waals surface area contributed by atoms with E-state index in [1.165, 1.54) is 54.7 Å². The summed E-state index contributed by atoms with van der Waals surface area (Å²) in [5.41, 5.74) is 2.60. The molecule has 0 radical (unpaired) electrons. The van der Waals surface area contributed by atoms with Crippen LogP contribution in [0.5, 0.6) is 11.5 Å². The summed E-state index contributed by atoms with van der Waals surface area (Å²) in [5.74, 6) is -1.52. The van der Waals surface area contributed by atoms with Gasteiger partial charge in [-0.25, -0.2) is 5.43 Å². The lowest BCUT2D eigenvalue weighted by atomic mass is 10.1. The number of nitrogens with zero attached hydrogens (tertiary/aromatic N) is 2. The average molecular weight is 496 g/mol.